The van der Waals surface area contributed by atoms with Gasteiger partial charge in [-0.05, 0) is 43.7 Å². The number of benzene rings is 1. The van der Waals surface area contributed by atoms with Crippen molar-refractivity contribution in [1.82, 2.24) is 5.32 Å². The van der Waals surface area contributed by atoms with Gasteiger partial charge in [-0.15, -0.1) is 0 Å². The molecule has 6 nitrogen and oxygen atoms in total. The number of anilines is 2. The van der Waals surface area contributed by atoms with Crippen molar-refractivity contribution in [3.63, 3.8) is 0 Å². The van der Waals surface area contributed by atoms with Gasteiger partial charge in [-0.1, -0.05) is 6.42 Å². The van der Waals surface area contributed by atoms with Crippen molar-refractivity contribution in [2.75, 3.05) is 17.2 Å². The number of hydrogen-bond donors (Lipinski definition) is 4. The van der Waals surface area contributed by atoms with Crippen LogP contribution < -0.4 is 21.7 Å². The highest BCUT2D eigenvalue weighted by Gasteiger charge is 2.20. The van der Waals surface area contributed by atoms with Crippen LogP contribution in [0.2, 0.25) is 0 Å². The summed E-state index contributed by atoms with van der Waals surface area (Å²) in [4.78, 5) is 22.6. The second-order valence-electron chi connectivity index (χ2n) is 4.56. The zero-order valence-electron chi connectivity index (χ0n) is 10.6. The monoisotopic (exact) mass is 262 g/mol. The van der Waals surface area contributed by atoms with E-state index in [1.165, 1.54) is 0 Å². The Morgan fingerprint density at radius 3 is 2.26 bits per heavy atom. The molecule has 1 atom stereocenters. The van der Waals surface area contributed by atoms with Crippen LogP contribution in [0, 0.1) is 0 Å². The van der Waals surface area contributed by atoms with Gasteiger partial charge in [0.1, 0.15) is 0 Å². The fourth-order valence-electron chi connectivity index (χ4n) is 2.08. The molecule has 2 rings (SSSR count). The molecule has 1 heterocycles. The number of amides is 3. The molecule has 5 N–H and O–H groups in total. The lowest BCUT2D eigenvalue weighted by Crippen LogP contribution is -2.43. The average molecular weight is 262 g/mol. The van der Waals surface area contributed by atoms with E-state index in [1.54, 1.807) is 24.3 Å². The number of piperidine rings is 1. The van der Waals surface area contributed by atoms with Crippen LogP contribution >= 0.6 is 0 Å². The minimum atomic E-state index is -0.608. The maximum absolute atomic E-state index is 12.0. The standard InChI is InChI=1S/C13H18N4O2/c14-13(19)17-10-6-4-9(5-7-10)16-12(18)11-3-1-2-8-15-11/h4-7,11,15H,1-3,8H2,(H,16,18)(H3,14,17,19)/t11-/m0/s1. The van der Waals surface area contributed by atoms with E-state index in [9.17, 15) is 9.59 Å². The van der Waals surface area contributed by atoms with E-state index in [0.29, 0.717) is 11.4 Å². The fourth-order valence-corrected chi connectivity index (χ4v) is 2.08. The largest absolute Gasteiger partial charge is 0.351 e. The van der Waals surface area contributed by atoms with Crippen LogP contribution in [-0.2, 0) is 4.79 Å². The molecule has 1 aromatic rings. The van der Waals surface area contributed by atoms with Gasteiger partial charge < -0.3 is 21.7 Å². The molecule has 1 aromatic carbocycles. The quantitative estimate of drug-likeness (QED) is 0.660. The van der Waals surface area contributed by atoms with Crippen molar-refractivity contribution < 1.29 is 9.59 Å². The predicted octanol–water partition coefficient (Wildman–Crippen LogP) is 1.26. The Hall–Kier alpha value is -2.08. The smallest absolute Gasteiger partial charge is 0.316 e. The number of rotatable bonds is 3. The van der Waals surface area contributed by atoms with E-state index in [1.807, 2.05) is 0 Å². The van der Waals surface area contributed by atoms with Crippen LogP contribution in [0.1, 0.15) is 19.3 Å². The SMILES string of the molecule is NC(=O)Nc1ccc(NC(=O)[C@@H]2CCCCN2)cc1. The second kappa shape index (κ2) is 6.19. The summed E-state index contributed by atoms with van der Waals surface area (Å²) in [7, 11) is 0. The first kappa shape index (κ1) is 13.4. The van der Waals surface area contributed by atoms with Gasteiger partial charge in [0.2, 0.25) is 5.91 Å². The zero-order chi connectivity index (χ0) is 13.7. The number of carbonyl (C=O) groups excluding carboxylic acids is 2. The number of urea groups is 1. The van der Waals surface area contributed by atoms with Gasteiger partial charge in [-0.25, -0.2) is 4.79 Å². The van der Waals surface area contributed by atoms with Crippen molar-refractivity contribution in [2.45, 2.75) is 25.3 Å². The van der Waals surface area contributed by atoms with E-state index in [-0.39, 0.29) is 11.9 Å². The van der Waals surface area contributed by atoms with Gasteiger partial charge in [0.05, 0.1) is 6.04 Å². The molecule has 1 fully saturated rings. The molecular weight excluding hydrogens is 244 g/mol. The zero-order valence-corrected chi connectivity index (χ0v) is 10.6. The minimum absolute atomic E-state index is 0.0182. The van der Waals surface area contributed by atoms with Gasteiger partial charge >= 0.3 is 6.03 Å². The maximum atomic E-state index is 12.0. The van der Waals surface area contributed by atoms with Gasteiger partial charge in [-0.3, -0.25) is 4.79 Å². The predicted molar refractivity (Wildman–Crippen MR) is 73.9 cm³/mol. The molecule has 0 bridgehead atoms. The molecule has 102 valence electrons. The summed E-state index contributed by atoms with van der Waals surface area (Å²) in [5.41, 5.74) is 6.31. The first-order chi connectivity index (χ1) is 9.15. The summed E-state index contributed by atoms with van der Waals surface area (Å²) in [6.45, 7) is 0.888. The molecule has 0 aromatic heterocycles. The summed E-state index contributed by atoms with van der Waals surface area (Å²) in [5, 5.41) is 8.50. The normalized spacial score (nSPS) is 18.6. The molecule has 0 unspecified atom stereocenters. The Kier molecular flexibility index (Phi) is 4.35. The first-order valence-corrected chi connectivity index (χ1v) is 6.36. The maximum Gasteiger partial charge on any atom is 0.316 e. The topological polar surface area (TPSA) is 96.2 Å². The molecule has 19 heavy (non-hydrogen) atoms. The third-order valence-corrected chi connectivity index (χ3v) is 3.05. The lowest BCUT2D eigenvalue weighted by Gasteiger charge is -2.22. The molecule has 1 aliphatic rings. The lowest BCUT2D eigenvalue weighted by molar-refractivity contribution is -0.118. The third-order valence-electron chi connectivity index (χ3n) is 3.05. The van der Waals surface area contributed by atoms with Crippen molar-refractivity contribution in [1.29, 1.82) is 0 Å². The van der Waals surface area contributed by atoms with E-state index in [2.05, 4.69) is 16.0 Å². The molecule has 3 amide bonds. The molecule has 0 radical (unpaired) electrons. The van der Waals surface area contributed by atoms with Crippen molar-refractivity contribution in [3.05, 3.63) is 24.3 Å². The van der Waals surface area contributed by atoms with Gasteiger partial charge in [0.15, 0.2) is 0 Å². The Bertz CT molecular complexity index is 452. The van der Waals surface area contributed by atoms with Gasteiger partial charge in [0, 0.05) is 11.4 Å². The summed E-state index contributed by atoms with van der Waals surface area (Å²) in [6.07, 6.45) is 3.07. The highest BCUT2D eigenvalue weighted by atomic mass is 16.2. The van der Waals surface area contributed by atoms with Crippen LogP contribution in [0.15, 0.2) is 24.3 Å². The molecule has 1 saturated heterocycles. The van der Waals surface area contributed by atoms with Crippen molar-refractivity contribution in [3.8, 4) is 0 Å². The van der Waals surface area contributed by atoms with Crippen molar-refractivity contribution >= 4 is 23.3 Å². The van der Waals surface area contributed by atoms with Crippen LogP contribution in [0.5, 0.6) is 0 Å². The molecule has 6 heteroatoms. The number of carbonyl (C=O) groups is 2. The van der Waals surface area contributed by atoms with Gasteiger partial charge in [-0.2, -0.15) is 0 Å². The highest BCUT2D eigenvalue weighted by molar-refractivity contribution is 5.95. The highest BCUT2D eigenvalue weighted by Crippen LogP contribution is 2.15. The van der Waals surface area contributed by atoms with Crippen LogP contribution in [-0.4, -0.2) is 24.5 Å². The molecule has 0 aliphatic carbocycles. The molecule has 0 saturated carbocycles. The van der Waals surface area contributed by atoms with Crippen LogP contribution in [0.25, 0.3) is 0 Å². The van der Waals surface area contributed by atoms with E-state index in [4.69, 9.17) is 5.73 Å². The summed E-state index contributed by atoms with van der Waals surface area (Å²) < 4.78 is 0. The minimum Gasteiger partial charge on any atom is -0.351 e. The summed E-state index contributed by atoms with van der Waals surface area (Å²) >= 11 is 0. The second-order valence-corrected chi connectivity index (χ2v) is 4.56. The van der Waals surface area contributed by atoms with E-state index < -0.39 is 6.03 Å². The fraction of sp³-hybridized carbons (Fsp3) is 0.385. The lowest BCUT2D eigenvalue weighted by atomic mass is 10.0. The Balaban J connectivity index is 1.91. The number of nitrogens with two attached hydrogens (primary N) is 1. The van der Waals surface area contributed by atoms with Gasteiger partial charge in [0.25, 0.3) is 0 Å². The average Bonchev–Trinajstić information content (AvgIpc) is 2.41. The van der Waals surface area contributed by atoms with Crippen molar-refractivity contribution in [2.24, 2.45) is 5.73 Å². The van der Waals surface area contributed by atoms with E-state index >= 15 is 0 Å². The first-order valence-electron chi connectivity index (χ1n) is 6.36. The Morgan fingerprint density at radius 2 is 1.74 bits per heavy atom. The third kappa shape index (κ3) is 3.96. The van der Waals surface area contributed by atoms with Crippen LogP contribution in [0.3, 0.4) is 0 Å². The number of primary amides is 1. The molecule has 1 aliphatic heterocycles. The summed E-state index contributed by atoms with van der Waals surface area (Å²) in [6, 6.07) is 6.11. The summed E-state index contributed by atoms with van der Waals surface area (Å²) in [5.74, 6) is -0.0182. The number of nitrogens with one attached hydrogen (secondary N) is 3. The Labute approximate surface area is 111 Å². The number of hydrogen-bond acceptors (Lipinski definition) is 3. The van der Waals surface area contributed by atoms with E-state index in [0.717, 1.165) is 25.8 Å². The Morgan fingerprint density at radius 1 is 1.11 bits per heavy atom. The molecule has 0 spiro atoms. The van der Waals surface area contributed by atoms with Crippen LogP contribution in [0.4, 0.5) is 16.2 Å². The molecular formula is C13H18N4O2.